The molecular formula is C55H36N2OS. The molecule has 8 aromatic carbocycles. The summed E-state index contributed by atoms with van der Waals surface area (Å²) in [6.45, 7) is 4.66. The SMILES string of the molecule is CC1(C)c2ccccc2-c2ccc(-c3ccc4oc5c(-c6cccc(-c7cccc(-c8cccc9c8sc8ccccc89)c7)c6)nc(-c6ccccc6)nc5c4c3)cc21. The van der Waals surface area contributed by atoms with Crippen LogP contribution in [0.15, 0.2) is 186 Å². The number of aromatic nitrogens is 2. The number of hydrogen-bond acceptors (Lipinski definition) is 4. The number of hydrogen-bond donors (Lipinski definition) is 0. The maximum absolute atomic E-state index is 6.73. The van der Waals surface area contributed by atoms with Crippen molar-refractivity contribution in [3.63, 3.8) is 0 Å². The highest BCUT2D eigenvalue weighted by Crippen LogP contribution is 2.50. The Morgan fingerprint density at radius 1 is 0.441 bits per heavy atom. The third-order valence-electron chi connectivity index (χ3n) is 12.3. The van der Waals surface area contributed by atoms with Gasteiger partial charge in [-0.25, -0.2) is 9.97 Å². The molecule has 0 N–H and O–H groups in total. The Hall–Kier alpha value is -7.14. The van der Waals surface area contributed by atoms with E-state index >= 15 is 0 Å². The first-order valence-electron chi connectivity index (χ1n) is 20.1. The Morgan fingerprint density at radius 3 is 1.95 bits per heavy atom. The predicted octanol–water partition coefficient (Wildman–Crippen LogP) is 15.4. The third-order valence-corrected chi connectivity index (χ3v) is 13.5. The lowest BCUT2D eigenvalue weighted by molar-refractivity contribution is 0.660. The van der Waals surface area contributed by atoms with E-state index in [0.29, 0.717) is 11.4 Å². The minimum atomic E-state index is -0.0792. The van der Waals surface area contributed by atoms with Crippen LogP contribution >= 0.6 is 11.3 Å². The molecule has 0 fully saturated rings. The first kappa shape index (κ1) is 33.9. The molecule has 1 aliphatic rings. The fraction of sp³-hybridized carbons (Fsp3) is 0.0545. The highest BCUT2D eigenvalue weighted by Gasteiger charge is 2.35. The molecule has 12 rings (SSSR count). The van der Waals surface area contributed by atoms with Gasteiger partial charge in [0.2, 0.25) is 0 Å². The molecule has 278 valence electrons. The zero-order valence-electron chi connectivity index (χ0n) is 32.5. The van der Waals surface area contributed by atoms with Gasteiger partial charge in [0.05, 0.1) is 0 Å². The van der Waals surface area contributed by atoms with Crippen molar-refractivity contribution < 1.29 is 4.42 Å². The van der Waals surface area contributed by atoms with E-state index in [1.165, 1.54) is 59.1 Å². The molecule has 0 saturated carbocycles. The first-order chi connectivity index (χ1) is 29.0. The van der Waals surface area contributed by atoms with Crippen molar-refractivity contribution in [1.29, 1.82) is 0 Å². The number of furan rings is 1. The van der Waals surface area contributed by atoms with Crippen molar-refractivity contribution in [3.05, 3.63) is 193 Å². The monoisotopic (exact) mass is 772 g/mol. The van der Waals surface area contributed by atoms with E-state index in [4.69, 9.17) is 14.4 Å². The van der Waals surface area contributed by atoms with E-state index < -0.39 is 0 Å². The van der Waals surface area contributed by atoms with Crippen LogP contribution in [0.2, 0.25) is 0 Å². The van der Waals surface area contributed by atoms with Gasteiger partial charge in [0.15, 0.2) is 11.4 Å². The van der Waals surface area contributed by atoms with Gasteiger partial charge in [-0.05, 0) is 92.0 Å². The molecule has 1 aliphatic carbocycles. The summed E-state index contributed by atoms with van der Waals surface area (Å²) in [5.41, 5.74) is 17.3. The number of thiophene rings is 1. The summed E-state index contributed by atoms with van der Waals surface area (Å²) in [6.07, 6.45) is 0. The first-order valence-corrected chi connectivity index (χ1v) is 21.0. The van der Waals surface area contributed by atoms with Gasteiger partial charge in [0, 0.05) is 42.1 Å². The van der Waals surface area contributed by atoms with Gasteiger partial charge in [-0.3, -0.25) is 0 Å². The standard InChI is InChI=1S/C55H36N2OS/c1-55(2)46-23-8-6-19-41(46)42-27-25-37(32-47(42)55)36-26-28-48-45(31-36)51-52(58-48)50(56-54(57-51)33-13-4-3-5-14-33)39-18-11-16-35(30-39)34-15-10-17-38(29-34)40-21-12-22-44-43-20-7-9-24-49(43)59-53(40)44/h3-32H,1-2H3. The average molecular weight is 773 g/mol. The zero-order valence-corrected chi connectivity index (χ0v) is 33.3. The highest BCUT2D eigenvalue weighted by molar-refractivity contribution is 7.26. The van der Waals surface area contributed by atoms with Gasteiger partial charge in [-0.15, -0.1) is 11.3 Å². The number of rotatable bonds is 5. The van der Waals surface area contributed by atoms with Crippen molar-refractivity contribution in [3.8, 4) is 67.2 Å². The average Bonchev–Trinajstić information content (AvgIpc) is 3.94. The van der Waals surface area contributed by atoms with Crippen LogP contribution < -0.4 is 0 Å². The summed E-state index contributed by atoms with van der Waals surface area (Å²) in [5.74, 6) is 0.669. The molecule has 0 saturated heterocycles. The van der Waals surface area contributed by atoms with Gasteiger partial charge < -0.3 is 4.42 Å². The van der Waals surface area contributed by atoms with E-state index in [9.17, 15) is 0 Å². The van der Waals surface area contributed by atoms with Crippen LogP contribution in [0.1, 0.15) is 25.0 Å². The lowest BCUT2D eigenvalue weighted by Gasteiger charge is -2.22. The molecular weight excluding hydrogens is 737 g/mol. The molecule has 4 heteroatoms. The van der Waals surface area contributed by atoms with Gasteiger partial charge >= 0.3 is 0 Å². The summed E-state index contributed by atoms with van der Waals surface area (Å²) >= 11 is 1.86. The Balaban J connectivity index is 0.986. The van der Waals surface area contributed by atoms with Gasteiger partial charge in [0.25, 0.3) is 0 Å². The van der Waals surface area contributed by atoms with Gasteiger partial charge in [-0.2, -0.15) is 0 Å². The molecule has 0 aliphatic heterocycles. The maximum atomic E-state index is 6.73. The van der Waals surface area contributed by atoms with Crippen LogP contribution in [0.25, 0.3) is 109 Å². The van der Waals surface area contributed by atoms with Crippen LogP contribution in [0.4, 0.5) is 0 Å². The van der Waals surface area contributed by atoms with Crippen molar-refractivity contribution in [2.45, 2.75) is 19.3 Å². The van der Waals surface area contributed by atoms with E-state index in [1.807, 2.05) is 29.5 Å². The number of fused-ring (bicyclic) bond motifs is 9. The van der Waals surface area contributed by atoms with E-state index in [-0.39, 0.29) is 5.41 Å². The zero-order chi connectivity index (χ0) is 39.2. The van der Waals surface area contributed by atoms with Crippen LogP contribution in [0.3, 0.4) is 0 Å². The summed E-state index contributed by atoms with van der Waals surface area (Å²) in [6, 6.07) is 65.3. The Bertz CT molecular complexity index is 3480. The summed E-state index contributed by atoms with van der Waals surface area (Å²) < 4.78 is 9.36. The van der Waals surface area contributed by atoms with Crippen molar-refractivity contribution in [1.82, 2.24) is 9.97 Å². The second kappa shape index (κ2) is 12.9. The third kappa shape index (κ3) is 5.34. The van der Waals surface area contributed by atoms with Crippen LogP contribution in [0.5, 0.6) is 0 Å². The van der Waals surface area contributed by atoms with E-state index in [0.717, 1.165) is 50.0 Å². The molecule has 3 aromatic heterocycles. The Morgan fingerprint density at radius 2 is 1.07 bits per heavy atom. The number of benzene rings is 8. The topological polar surface area (TPSA) is 38.9 Å². The lowest BCUT2D eigenvalue weighted by Crippen LogP contribution is -2.14. The number of nitrogens with zero attached hydrogens (tertiary/aromatic N) is 2. The molecule has 0 unspecified atom stereocenters. The molecule has 3 nitrogen and oxygen atoms in total. The molecule has 0 atom stereocenters. The molecule has 0 spiro atoms. The molecule has 59 heavy (non-hydrogen) atoms. The maximum Gasteiger partial charge on any atom is 0.180 e. The lowest BCUT2D eigenvalue weighted by atomic mass is 9.81. The minimum absolute atomic E-state index is 0.0792. The van der Waals surface area contributed by atoms with Gasteiger partial charge in [0.1, 0.15) is 16.8 Å². The highest BCUT2D eigenvalue weighted by atomic mass is 32.1. The quantitative estimate of drug-likeness (QED) is 0.175. The molecule has 0 radical (unpaired) electrons. The molecule has 0 bridgehead atoms. The van der Waals surface area contributed by atoms with Crippen LogP contribution in [-0.2, 0) is 5.41 Å². The van der Waals surface area contributed by atoms with Gasteiger partial charge in [-0.1, -0.05) is 159 Å². The van der Waals surface area contributed by atoms with Crippen LogP contribution in [-0.4, -0.2) is 9.97 Å². The predicted molar refractivity (Wildman–Crippen MR) is 247 cm³/mol. The second-order valence-corrected chi connectivity index (χ2v) is 17.2. The summed E-state index contributed by atoms with van der Waals surface area (Å²) in [7, 11) is 0. The fourth-order valence-electron chi connectivity index (χ4n) is 9.31. The van der Waals surface area contributed by atoms with Crippen LogP contribution in [0, 0.1) is 0 Å². The van der Waals surface area contributed by atoms with Crippen molar-refractivity contribution >= 4 is 53.6 Å². The summed E-state index contributed by atoms with van der Waals surface area (Å²) in [5, 5.41) is 3.59. The molecule has 11 aromatic rings. The molecule has 3 heterocycles. The fourth-order valence-corrected chi connectivity index (χ4v) is 10.5. The minimum Gasteiger partial charge on any atom is -0.452 e. The smallest absolute Gasteiger partial charge is 0.180 e. The van der Waals surface area contributed by atoms with E-state index in [1.54, 1.807) is 0 Å². The largest absolute Gasteiger partial charge is 0.452 e. The Labute approximate surface area is 345 Å². The second-order valence-electron chi connectivity index (χ2n) is 16.1. The molecule has 0 amide bonds. The van der Waals surface area contributed by atoms with E-state index in [2.05, 4.69) is 178 Å². The van der Waals surface area contributed by atoms with Crippen molar-refractivity contribution in [2.24, 2.45) is 0 Å². The normalized spacial score (nSPS) is 13.1. The van der Waals surface area contributed by atoms with Crippen molar-refractivity contribution in [2.75, 3.05) is 0 Å². The Kier molecular flexibility index (Phi) is 7.44. The summed E-state index contributed by atoms with van der Waals surface area (Å²) in [4.78, 5) is 10.5.